The topological polar surface area (TPSA) is 0 Å². The third-order valence-electron chi connectivity index (χ3n) is 5.13. The summed E-state index contributed by atoms with van der Waals surface area (Å²) in [5, 5.41) is 0. The molecule has 0 heterocycles. The first-order valence-corrected chi connectivity index (χ1v) is 7.64. The van der Waals surface area contributed by atoms with Crippen LogP contribution in [0.15, 0.2) is 0 Å². The average molecular weight is 240 g/mol. The van der Waals surface area contributed by atoms with Gasteiger partial charge in [-0.1, -0.05) is 33.6 Å². The molecule has 0 N–H and O–H groups in total. The van der Waals surface area contributed by atoms with Gasteiger partial charge in [-0.05, 0) is 55.8 Å². The predicted octanol–water partition coefficient (Wildman–Crippen LogP) is 4.94. The second kappa shape index (κ2) is 4.92. The standard InChI is InChI=1S/C15H28S/c1-11-4-5-13-8-12(2)9-14(10-13)15(3,16)7-6-11/h11-14,16H,4-10H2,1-3H3/t11-,12+,13?,14?,15?/m0/s1. The lowest BCUT2D eigenvalue weighted by molar-refractivity contribution is 0.169. The van der Waals surface area contributed by atoms with Crippen LogP contribution < -0.4 is 0 Å². The van der Waals surface area contributed by atoms with E-state index in [2.05, 4.69) is 20.8 Å². The Hall–Kier alpha value is 0.350. The van der Waals surface area contributed by atoms with Crippen molar-refractivity contribution in [2.75, 3.05) is 0 Å². The summed E-state index contributed by atoms with van der Waals surface area (Å²) in [5.74, 6) is 3.72. The Morgan fingerprint density at radius 3 is 2.44 bits per heavy atom. The molecule has 16 heavy (non-hydrogen) atoms. The fraction of sp³-hybridized carbons (Fsp3) is 1.00. The molecule has 0 amide bonds. The van der Waals surface area contributed by atoms with Gasteiger partial charge in [0.25, 0.3) is 0 Å². The molecule has 0 radical (unpaired) electrons. The van der Waals surface area contributed by atoms with Gasteiger partial charge in [0, 0.05) is 4.75 Å². The Morgan fingerprint density at radius 2 is 1.69 bits per heavy atom. The second-order valence-corrected chi connectivity index (χ2v) is 7.98. The van der Waals surface area contributed by atoms with Crippen molar-refractivity contribution < 1.29 is 0 Å². The molecule has 2 bridgehead atoms. The first-order chi connectivity index (χ1) is 7.47. The zero-order valence-electron chi connectivity index (χ0n) is 11.2. The van der Waals surface area contributed by atoms with E-state index in [-0.39, 0.29) is 0 Å². The SMILES string of the molecule is C[C@H]1CCC2CC(C[C@H](C)C2)C(C)(S)CC1. The molecule has 0 spiro atoms. The zero-order valence-corrected chi connectivity index (χ0v) is 12.1. The Kier molecular flexibility index (Phi) is 3.93. The van der Waals surface area contributed by atoms with Gasteiger partial charge in [0.1, 0.15) is 0 Å². The molecule has 5 atom stereocenters. The van der Waals surface area contributed by atoms with Crippen molar-refractivity contribution in [1.82, 2.24) is 0 Å². The number of fused-ring (bicyclic) bond motifs is 2. The quantitative estimate of drug-likeness (QED) is 0.570. The van der Waals surface area contributed by atoms with Gasteiger partial charge < -0.3 is 0 Å². The molecule has 0 aromatic carbocycles. The van der Waals surface area contributed by atoms with Crippen molar-refractivity contribution in [1.29, 1.82) is 0 Å². The fourth-order valence-corrected chi connectivity index (χ4v) is 4.24. The van der Waals surface area contributed by atoms with E-state index in [9.17, 15) is 0 Å². The molecule has 2 saturated carbocycles. The molecule has 2 aliphatic carbocycles. The highest BCUT2D eigenvalue weighted by atomic mass is 32.1. The van der Waals surface area contributed by atoms with Crippen molar-refractivity contribution in [2.24, 2.45) is 23.7 Å². The van der Waals surface area contributed by atoms with Crippen LogP contribution in [0.25, 0.3) is 0 Å². The highest BCUT2D eigenvalue weighted by molar-refractivity contribution is 7.81. The summed E-state index contributed by atoms with van der Waals surface area (Å²) in [4.78, 5) is 0. The van der Waals surface area contributed by atoms with E-state index >= 15 is 0 Å². The summed E-state index contributed by atoms with van der Waals surface area (Å²) in [6, 6.07) is 0. The van der Waals surface area contributed by atoms with Gasteiger partial charge in [0.05, 0.1) is 0 Å². The molecule has 1 heteroatoms. The molecular weight excluding hydrogens is 212 g/mol. The highest BCUT2D eigenvalue weighted by Crippen LogP contribution is 2.46. The largest absolute Gasteiger partial charge is 0.173 e. The summed E-state index contributed by atoms with van der Waals surface area (Å²) in [6.07, 6.45) is 9.99. The van der Waals surface area contributed by atoms with Crippen LogP contribution in [0.4, 0.5) is 0 Å². The van der Waals surface area contributed by atoms with Crippen molar-refractivity contribution in [2.45, 2.75) is 70.5 Å². The number of hydrogen-bond acceptors (Lipinski definition) is 1. The number of thiol groups is 1. The Bertz CT molecular complexity index is 234. The van der Waals surface area contributed by atoms with Crippen LogP contribution in [0.1, 0.15) is 65.7 Å². The molecule has 94 valence electrons. The third-order valence-corrected chi connectivity index (χ3v) is 5.72. The molecule has 0 aromatic rings. The lowest BCUT2D eigenvalue weighted by atomic mass is 9.70. The van der Waals surface area contributed by atoms with E-state index in [1.165, 1.54) is 44.9 Å². The Labute approximate surface area is 107 Å². The molecule has 0 aromatic heterocycles. The van der Waals surface area contributed by atoms with E-state index in [1.54, 1.807) is 0 Å². The van der Waals surface area contributed by atoms with Gasteiger partial charge in [-0.2, -0.15) is 12.6 Å². The third kappa shape index (κ3) is 2.97. The lowest BCUT2D eigenvalue weighted by Crippen LogP contribution is -2.35. The lowest BCUT2D eigenvalue weighted by Gasteiger charge is -2.41. The van der Waals surface area contributed by atoms with Crippen molar-refractivity contribution >= 4 is 12.6 Å². The molecule has 0 nitrogen and oxygen atoms in total. The van der Waals surface area contributed by atoms with Gasteiger partial charge in [0.15, 0.2) is 0 Å². The van der Waals surface area contributed by atoms with Crippen LogP contribution in [-0.4, -0.2) is 4.75 Å². The normalized spacial score (nSPS) is 50.2. The summed E-state index contributed by atoms with van der Waals surface area (Å²) in [5.41, 5.74) is 0. The van der Waals surface area contributed by atoms with Gasteiger partial charge in [-0.15, -0.1) is 0 Å². The van der Waals surface area contributed by atoms with Crippen LogP contribution in [0.5, 0.6) is 0 Å². The number of rotatable bonds is 0. The minimum Gasteiger partial charge on any atom is -0.173 e. The summed E-state index contributed by atoms with van der Waals surface area (Å²) in [6.45, 7) is 7.28. The molecule has 0 aliphatic heterocycles. The molecule has 3 unspecified atom stereocenters. The summed E-state index contributed by atoms with van der Waals surface area (Å²) in [7, 11) is 0. The van der Waals surface area contributed by atoms with E-state index in [4.69, 9.17) is 12.6 Å². The highest BCUT2D eigenvalue weighted by Gasteiger charge is 2.38. The van der Waals surface area contributed by atoms with Crippen LogP contribution in [0, 0.1) is 23.7 Å². The Morgan fingerprint density at radius 1 is 0.938 bits per heavy atom. The van der Waals surface area contributed by atoms with Crippen LogP contribution >= 0.6 is 12.6 Å². The maximum Gasteiger partial charge on any atom is 0.0130 e. The van der Waals surface area contributed by atoms with Gasteiger partial charge >= 0.3 is 0 Å². The predicted molar refractivity (Wildman–Crippen MR) is 75.0 cm³/mol. The van der Waals surface area contributed by atoms with E-state index in [1.807, 2.05) is 0 Å². The van der Waals surface area contributed by atoms with E-state index < -0.39 is 0 Å². The van der Waals surface area contributed by atoms with Crippen molar-refractivity contribution in [3.05, 3.63) is 0 Å². The monoisotopic (exact) mass is 240 g/mol. The van der Waals surface area contributed by atoms with Crippen LogP contribution in [-0.2, 0) is 0 Å². The van der Waals surface area contributed by atoms with Gasteiger partial charge in [0.2, 0.25) is 0 Å². The molecule has 2 rings (SSSR count). The van der Waals surface area contributed by atoms with Crippen LogP contribution in [0.3, 0.4) is 0 Å². The first kappa shape index (κ1) is 12.8. The molecule has 2 aliphatic rings. The smallest absolute Gasteiger partial charge is 0.0130 e. The maximum atomic E-state index is 5.01. The van der Waals surface area contributed by atoms with Crippen molar-refractivity contribution in [3.63, 3.8) is 0 Å². The second-order valence-electron chi connectivity index (χ2n) is 6.95. The minimum atomic E-state index is 0.297. The maximum absolute atomic E-state index is 5.01. The van der Waals surface area contributed by atoms with Crippen molar-refractivity contribution in [3.8, 4) is 0 Å². The summed E-state index contributed by atoms with van der Waals surface area (Å²) < 4.78 is 0.297. The van der Waals surface area contributed by atoms with Crippen LogP contribution in [0.2, 0.25) is 0 Å². The van der Waals surface area contributed by atoms with Gasteiger partial charge in [-0.3, -0.25) is 0 Å². The molecule has 0 saturated heterocycles. The first-order valence-electron chi connectivity index (χ1n) is 7.19. The summed E-state index contributed by atoms with van der Waals surface area (Å²) >= 11 is 5.01. The van der Waals surface area contributed by atoms with Gasteiger partial charge in [-0.25, -0.2) is 0 Å². The zero-order chi connectivity index (χ0) is 11.8. The number of hydrogen-bond donors (Lipinski definition) is 1. The minimum absolute atomic E-state index is 0.297. The molecule has 2 fully saturated rings. The fourth-order valence-electron chi connectivity index (χ4n) is 3.90. The molecular formula is C15H28S. The van der Waals surface area contributed by atoms with E-state index in [0.29, 0.717) is 4.75 Å². The van der Waals surface area contributed by atoms with E-state index in [0.717, 1.165) is 23.7 Å². The average Bonchev–Trinajstić information content (AvgIpc) is 2.25. The Balaban J connectivity index is 2.12.